The lowest BCUT2D eigenvalue weighted by Gasteiger charge is -2.25. The van der Waals surface area contributed by atoms with Crippen molar-refractivity contribution < 1.29 is 9.18 Å². The first-order valence-electron chi connectivity index (χ1n) is 8.47. The van der Waals surface area contributed by atoms with Crippen molar-refractivity contribution in [1.82, 2.24) is 4.90 Å². The highest BCUT2D eigenvalue weighted by molar-refractivity contribution is 7.99. The number of hydrogen-bond acceptors (Lipinski definition) is 2. The fraction of sp³-hybridized carbons (Fsp3) is 0.350. The van der Waals surface area contributed by atoms with Gasteiger partial charge in [-0.3, -0.25) is 4.79 Å². The standard InChI is InChI=1S/C20H22FNOS/c21-17-8-4-7-16(15-17)19-11-5-13-22(19)20(23)12-6-14-24-18-9-2-1-3-10-18/h1-4,7-10,15,19H,5-6,11-14H2. The number of amides is 1. The number of thioether (sulfide) groups is 1. The van der Waals surface area contributed by atoms with Gasteiger partial charge in [0.05, 0.1) is 6.04 Å². The van der Waals surface area contributed by atoms with E-state index in [0.717, 1.165) is 37.1 Å². The molecule has 4 heteroatoms. The normalized spacial score (nSPS) is 17.2. The summed E-state index contributed by atoms with van der Waals surface area (Å²) in [5.74, 6) is 0.898. The van der Waals surface area contributed by atoms with Gasteiger partial charge in [-0.05, 0) is 54.8 Å². The Hall–Kier alpha value is -1.81. The molecule has 1 aliphatic heterocycles. The highest BCUT2D eigenvalue weighted by Crippen LogP contribution is 2.33. The molecular weight excluding hydrogens is 321 g/mol. The molecule has 24 heavy (non-hydrogen) atoms. The summed E-state index contributed by atoms with van der Waals surface area (Å²) < 4.78 is 13.5. The van der Waals surface area contributed by atoms with Crippen molar-refractivity contribution in [2.45, 2.75) is 36.6 Å². The van der Waals surface area contributed by atoms with E-state index in [1.165, 1.54) is 11.0 Å². The zero-order chi connectivity index (χ0) is 16.8. The summed E-state index contributed by atoms with van der Waals surface area (Å²) in [7, 11) is 0. The number of halogens is 1. The van der Waals surface area contributed by atoms with Gasteiger partial charge in [-0.2, -0.15) is 0 Å². The quantitative estimate of drug-likeness (QED) is 0.540. The van der Waals surface area contributed by atoms with E-state index in [1.54, 1.807) is 23.9 Å². The van der Waals surface area contributed by atoms with Gasteiger partial charge in [0.25, 0.3) is 0 Å². The first-order valence-corrected chi connectivity index (χ1v) is 9.45. The number of hydrogen-bond donors (Lipinski definition) is 0. The predicted octanol–water partition coefficient (Wildman–Crippen LogP) is 5.06. The van der Waals surface area contributed by atoms with Crippen molar-refractivity contribution in [3.8, 4) is 0 Å². The Bertz CT molecular complexity index is 676. The molecule has 1 saturated heterocycles. The Kier molecular flexibility index (Phi) is 5.91. The molecule has 0 saturated carbocycles. The maximum absolute atomic E-state index is 13.5. The lowest BCUT2D eigenvalue weighted by Crippen LogP contribution is -2.30. The molecule has 1 aliphatic rings. The minimum atomic E-state index is -0.230. The zero-order valence-electron chi connectivity index (χ0n) is 13.7. The van der Waals surface area contributed by atoms with E-state index in [4.69, 9.17) is 0 Å². The molecule has 2 aromatic rings. The molecule has 3 rings (SSSR count). The Balaban J connectivity index is 1.50. The van der Waals surface area contributed by atoms with Crippen LogP contribution in [-0.2, 0) is 4.79 Å². The lowest BCUT2D eigenvalue weighted by molar-refractivity contribution is -0.132. The van der Waals surface area contributed by atoms with Crippen LogP contribution >= 0.6 is 11.8 Å². The molecule has 0 radical (unpaired) electrons. The number of nitrogens with zero attached hydrogens (tertiary/aromatic N) is 1. The van der Waals surface area contributed by atoms with Crippen molar-refractivity contribution >= 4 is 17.7 Å². The van der Waals surface area contributed by atoms with Crippen LogP contribution in [0.4, 0.5) is 4.39 Å². The van der Waals surface area contributed by atoms with Gasteiger partial charge in [0, 0.05) is 17.9 Å². The summed E-state index contributed by atoms with van der Waals surface area (Å²) in [5.41, 5.74) is 0.916. The van der Waals surface area contributed by atoms with Crippen molar-refractivity contribution in [1.29, 1.82) is 0 Å². The van der Waals surface area contributed by atoms with Gasteiger partial charge in [-0.25, -0.2) is 4.39 Å². The molecule has 0 N–H and O–H groups in total. The minimum absolute atomic E-state index is 0.0370. The summed E-state index contributed by atoms with van der Waals surface area (Å²) in [4.78, 5) is 15.7. The molecule has 1 amide bonds. The summed E-state index contributed by atoms with van der Waals surface area (Å²) >= 11 is 1.78. The van der Waals surface area contributed by atoms with Crippen molar-refractivity contribution in [2.75, 3.05) is 12.3 Å². The van der Waals surface area contributed by atoms with Crippen LogP contribution in [0.3, 0.4) is 0 Å². The maximum Gasteiger partial charge on any atom is 0.223 e. The average molecular weight is 343 g/mol. The number of likely N-dealkylation sites (tertiary alicyclic amines) is 1. The third-order valence-electron chi connectivity index (χ3n) is 4.35. The van der Waals surface area contributed by atoms with Crippen LogP contribution in [-0.4, -0.2) is 23.1 Å². The lowest BCUT2D eigenvalue weighted by atomic mass is 10.0. The SMILES string of the molecule is O=C(CCCSc1ccccc1)N1CCCC1c1cccc(F)c1. The average Bonchev–Trinajstić information content (AvgIpc) is 3.09. The van der Waals surface area contributed by atoms with Crippen molar-refractivity contribution in [3.63, 3.8) is 0 Å². The van der Waals surface area contributed by atoms with E-state index in [1.807, 2.05) is 29.2 Å². The van der Waals surface area contributed by atoms with E-state index < -0.39 is 0 Å². The minimum Gasteiger partial charge on any atom is -0.336 e. The molecule has 1 atom stereocenters. The number of rotatable bonds is 6. The first kappa shape index (κ1) is 17.0. The van der Waals surface area contributed by atoms with Gasteiger partial charge in [-0.15, -0.1) is 11.8 Å². The van der Waals surface area contributed by atoms with Gasteiger partial charge < -0.3 is 4.90 Å². The molecule has 2 aromatic carbocycles. The highest BCUT2D eigenvalue weighted by Gasteiger charge is 2.29. The highest BCUT2D eigenvalue weighted by atomic mass is 32.2. The van der Waals surface area contributed by atoms with Crippen LogP contribution in [0.15, 0.2) is 59.5 Å². The second-order valence-electron chi connectivity index (χ2n) is 6.07. The Morgan fingerprint density at radius 1 is 1.17 bits per heavy atom. The van der Waals surface area contributed by atoms with Crippen LogP contribution in [0.5, 0.6) is 0 Å². The maximum atomic E-state index is 13.5. The topological polar surface area (TPSA) is 20.3 Å². The van der Waals surface area contributed by atoms with Crippen LogP contribution in [0.1, 0.15) is 37.3 Å². The second-order valence-corrected chi connectivity index (χ2v) is 7.23. The molecule has 0 aliphatic carbocycles. The third kappa shape index (κ3) is 4.38. The third-order valence-corrected chi connectivity index (χ3v) is 5.45. The van der Waals surface area contributed by atoms with Gasteiger partial charge in [-0.1, -0.05) is 30.3 Å². The van der Waals surface area contributed by atoms with Crippen LogP contribution < -0.4 is 0 Å². The van der Waals surface area contributed by atoms with E-state index >= 15 is 0 Å². The second kappa shape index (κ2) is 8.34. The molecular formula is C20H22FNOS. The largest absolute Gasteiger partial charge is 0.336 e. The molecule has 0 aromatic heterocycles. The van der Waals surface area contributed by atoms with Crippen molar-refractivity contribution in [3.05, 3.63) is 66.0 Å². The molecule has 0 bridgehead atoms. The van der Waals surface area contributed by atoms with Crippen molar-refractivity contribution in [2.24, 2.45) is 0 Å². The Morgan fingerprint density at radius 2 is 2.00 bits per heavy atom. The van der Waals surface area contributed by atoms with E-state index in [9.17, 15) is 9.18 Å². The van der Waals surface area contributed by atoms with E-state index in [-0.39, 0.29) is 17.8 Å². The predicted molar refractivity (Wildman–Crippen MR) is 96.5 cm³/mol. The molecule has 2 nitrogen and oxygen atoms in total. The number of carbonyl (C=O) groups is 1. The number of carbonyl (C=O) groups excluding carboxylic acids is 1. The Labute approximate surface area is 147 Å². The van der Waals surface area contributed by atoms with E-state index in [2.05, 4.69) is 12.1 Å². The smallest absolute Gasteiger partial charge is 0.223 e. The summed E-state index contributed by atoms with van der Waals surface area (Å²) in [6.07, 6.45) is 3.34. The summed E-state index contributed by atoms with van der Waals surface area (Å²) in [5, 5.41) is 0. The fourth-order valence-corrected chi connectivity index (χ4v) is 4.07. The molecule has 1 unspecified atom stereocenters. The zero-order valence-corrected chi connectivity index (χ0v) is 14.5. The summed E-state index contributed by atoms with van der Waals surface area (Å²) in [6.45, 7) is 0.784. The van der Waals surface area contributed by atoms with Gasteiger partial charge >= 0.3 is 0 Å². The molecule has 1 fully saturated rings. The van der Waals surface area contributed by atoms with Crippen LogP contribution in [0, 0.1) is 5.82 Å². The first-order chi connectivity index (χ1) is 11.7. The van der Waals surface area contributed by atoms with Crippen LogP contribution in [0.25, 0.3) is 0 Å². The van der Waals surface area contributed by atoms with Gasteiger partial charge in [0.1, 0.15) is 5.82 Å². The summed E-state index contributed by atoms with van der Waals surface area (Å²) in [6, 6.07) is 16.9. The van der Waals surface area contributed by atoms with E-state index in [0.29, 0.717) is 6.42 Å². The van der Waals surface area contributed by atoms with Crippen LogP contribution in [0.2, 0.25) is 0 Å². The fourth-order valence-electron chi connectivity index (χ4n) is 3.20. The van der Waals surface area contributed by atoms with Gasteiger partial charge in [0.2, 0.25) is 5.91 Å². The number of benzene rings is 2. The monoisotopic (exact) mass is 343 g/mol. The van der Waals surface area contributed by atoms with Gasteiger partial charge in [0.15, 0.2) is 0 Å². The Morgan fingerprint density at radius 3 is 2.79 bits per heavy atom. The molecule has 1 heterocycles. The molecule has 126 valence electrons. The molecule has 0 spiro atoms.